The van der Waals surface area contributed by atoms with E-state index in [2.05, 4.69) is 0 Å². The molecule has 0 aliphatic heterocycles. The molecular formula is C12H15NO2. The number of rotatable bonds is 1. The number of aliphatic hydroxyl groups is 1. The fourth-order valence-electron chi connectivity index (χ4n) is 1.91. The average Bonchev–Trinajstić information content (AvgIpc) is 2.43. The van der Waals surface area contributed by atoms with Crippen LogP contribution in [-0.4, -0.2) is 14.8 Å². The quantitative estimate of drug-likeness (QED) is 0.749. The van der Waals surface area contributed by atoms with E-state index in [-0.39, 0.29) is 5.75 Å². The van der Waals surface area contributed by atoms with Crippen molar-refractivity contribution in [3.05, 3.63) is 30.0 Å². The molecular weight excluding hydrogens is 190 g/mol. The van der Waals surface area contributed by atoms with Crippen molar-refractivity contribution in [3.8, 4) is 5.75 Å². The summed E-state index contributed by atoms with van der Waals surface area (Å²) in [6, 6.07) is 7.13. The smallest absolute Gasteiger partial charge is 0.117 e. The Morgan fingerprint density at radius 1 is 1.20 bits per heavy atom. The van der Waals surface area contributed by atoms with Crippen molar-refractivity contribution in [3.63, 3.8) is 0 Å². The van der Waals surface area contributed by atoms with Crippen molar-refractivity contribution < 1.29 is 10.2 Å². The first-order chi connectivity index (χ1) is 6.89. The SMILES string of the molecule is Cn1c(C(C)(C)O)cc2ccc(O)cc21. The summed E-state index contributed by atoms with van der Waals surface area (Å²) in [5.41, 5.74) is 0.888. The third kappa shape index (κ3) is 1.59. The Hall–Kier alpha value is -1.48. The average molecular weight is 205 g/mol. The van der Waals surface area contributed by atoms with Crippen LogP contribution in [0.15, 0.2) is 24.3 Å². The minimum atomic E-state index is -0.872. The lowest BCUT2D eigenvalue weighted by atomic mass is 10.1. The second kappa shape index (κ2) is 3.00. The molecule has 0 amide bonds. The highest BCUT2D eigenvalue weighted by molar-refractivity contribution is 5.82. The van der Waals surface area contributed by atoms with Gasteiger partial charge in [-0.2, -0.15) is 0 Å². The van der Waals surface area contributed by atoms with Crippen LogP contribution in [0.4, 0.5) is 0 Å². The summed E-state index contributed by atoms with van der Waals surface area (Å²) in [7, 11) is 1.88. The molecule has 0 spiro atoms. The van der Waals surface area contributed by atoms with Crippen LogP contribution in [0.1, 0.15) is 19.5 Å². The van der Waals surface area contributed by atoms with E-state index in [1.54, 1.807) is 26.0 Å². The number of phenols is 1. The zero-order valence-corrected chi connectivity index (χ0v) is 9.15. The van der Waals surface area contributed by atoms with Gasteiger partial charge in [-0.05, 0) is 32.0 Å². The Balaban J connectivity index is 2.76. The molecule has 2 N–H and O–H groups in total. The molecule has 0 radical (unpaired) electrons. The van der Waals surface area contributed by atoms with Crippen molar-refractivity contribution in [1.29, 1.82) is 0 Å². The van der Waals surface area contributed by atoms with E-state index >= 15 is 0 Å². The van der Waals surface area contributed by atoms with Crippen LogP contribution in [0.5, 0.6) is 5.75 Å². The van der Waals surface area contributed by atoms with Gasteiger partial charge in [0.25, 0.3) is 0 Å². The second-order valence-corrected chi connectivity index (χ2v) is 4.39. The Labute approximate surface area is 88.6 Å². The van der Waals surface area contributed by atoms with E-state index in [1.165, 1.54) is 0 Å². The van der Waals surface area contributed by atoms with E-state index in [9.17, 15) is 10.2 Å². The first-order valence-electron chi connectivity index (χ1n) is 4.91. The number of benzene rings is 1. The van der Waals surface area contributed by atoms with Gasteiger partial charge in [0, 0.05) is 24.2 Å². The van der Waals surface area contributed by atoms with Gasteiger partial charge in [-0.15, -0.1) is 0 Å². The number of aromatic nitrogens is 1. The molecule has 0 aliphatic rings. The number of aryl methyl sites for hydroxylation is 1. The van der Waals surface area contributed by atoms with Crippen molar-refractivity contribution in [2.45, 2.75) is 19.4 Å². The summed E-state index contributed by atoms with van der Waals surface area (Å²) in [6.07, 6.45) is 0. The Kier molecular flexibility index (Phi) is 2.01. The molecule has 0 saturated heterocycles. The predicted molar refractivity (Wildman–Crippen MR) is 59.8 cm³/mol. The Bertz CT molecular complexity index is 506. The molecule has 2 rings (SSSR count). The second-order valence-electron chi connectivity index (χ2n) is 4.39. The maximum atomic E-state index is 9.96. The molecule has 0 atom stereocenters. The van der Waals surface area contributed by atoms with Crippen LogP contribution in [0, 0.1) is 0 Å². The van der Waals surface area contributed by atoms with Crippen molar-refractivity contribution in [2.75, 3.05) is 0 Å². The molecule has 0 saturated carbocycles. The summed E-state index contributed by atoms with van der Waals surface area (Å²) in [6.45, 7) is 3.50. The molecule has 80 valence electrons. The largest absolute Gasteiger partial charge is 0.508 e. The summed E-state index contributed by atoms with van der Waals surface area (Å²) < 4.78 is 1.90. The number of hydrogen-bond donors (Lipinski definition) is 2. The highest BCUT2D eigenvalue weighted by Gasteiger charge is 2.21. The first-order valence-corrected chi connectivity index (χ1v) is 4.91. The Morgan fingerprint density at radius 2 is 1.87 bits per heavy atom. The maximum absolute atomic E-state index is 9.96. The summed E-state index contributed by atoms with van der Waals surface area (Å²) in [5.74, 6) is 0.242. The van der Waals surface area contributed by atoms with Gasteiger partial charge in [-0.3, -0.25) is 0 Å². The van der Waals surface area contributed by atoms with Crippen LogP contribution in [0.2, 0.25) is 0 Å². The van der Waals surface area contributed by atoms with Gasteiger partial charge in [0.05, 0.1) is 11.1 Å². The lowest BCUT2D eigenvalue weighted by Gasteiger charge is -2.18. The molecule has 0 unspecified atom stereocenters. The van der Waals surface area contributed by atoms with Crippen LogP contribution in [0.25, 0.3) is 10.9 Å². The zero-order chi connectivity index (χ0) is 11.2. The fraction of sp³-hybridized carbons (Fsp3) is 0.333. The minimum Gasteiger partial charge on any atom is -0.508 e. The monoisotopic (exact) mass is 205 g/mol. The molecule has 0 bridgehead atoms. The molecule has 15 heavy (non-hydrogen) atoms. The van der Waals surface area contributed by atoms with E-state index in [0.717, 1.165) is 16.6 Å². The zero-order valence-electron chi connectivity index (χ0n) is 9.15. The molecule has 0 fully saturated rings. The van der Waals surface area contributed by atoms with Gasteiger partial charge in [0.2, 0.25) is 0 Å². The molecule has 2 aromatic rings. The predicted octanol–water partition coefficient (Wildman–Crippen LogP) is 2.11. The van der Waals surface area contributed by atoms with Gasteiger partial charge in [0.15, 0.2) is 0 Å². The number of nitrogens with zero attached hydrogens (tertiary/aromatic N) is 1. The topological polar surface area (TPSA) is 45.4 Å². The fourth-order valence-corrected chi connectivity index (χ4v) is 1.91. The molecule has 3 nitrogen and oxygen atoms in total. The number of phenolic OH excluding ortho intramolecular Hbond substituents is 1. The van der Waals surface area contributed by atoms with Gasteiger partial charge < -0.3 is 14.8 Å². The normalized spacial score (nSPS) is 12.3. The standard InChI is InChI=1S/C12H15NO2/c1-12(2,15)11-6-8-4-5-9(14)7-10(8)13(11)3/h4-7,14-15H,1-3H3. The van der Waals surface area contributed by atoms with Gasteiger partial charge in [0.1, 0.15) is 5.75 Å². The number of fused-ring (bicyclic) bond motifs is 1. The molecule has 3 heteroatoms. The summed E-state index contributed by atoms with van der Waals surface area (Å²) in [5, 5.41) is 20.4. The Morgan fingerprint density at radius 3 is 2.47 bits per heavy atom. The lowest BCUT2D eigenvalue weighted by Crippen LogP contribution is -2.19. The third-order valence-corrected chi connectivity index (χ3v) is 2.66. The number of hydrogen-bond acceptors (Lipinski definition) is 2. The van der Waals surface area contributed by atoms with Crippen molar-refractivity contribution in [2.24, 2.45) is 7.05 Å². The van der Waals surface area contributed by atoms with Gasteiger partial charge >= 0.3 is 0 Å². The van der Waals surface area contributed by atoms with Gasteiger partial charge in [-0.25, -0.2) is 0 Å². The third-order valence-electron chi connectivity index (χ3n) is 2.66. The lowest BCUT2D eigenvalue weighted by molar-refractivity contribution is 0.0712. The molecule has 1 heterocycles. The van der Waals surface area contributed by atoms with Crippen LogP contribution < -0.4 is 0 Å². The van der Waals surface area contributed by atoms with Crippen LogP contribution in [0.3, 0.4) is 0 Å². The number of aromatic hydroxyl groups is 1. The van der Waals surface area contributed by atoms with Crippen molar-refractivity contribution >= 4 is 10.9 Å². The van der Waals surface area contributed by atoms with E-state index in [0.29, 0.717) is 0 Å². The molecule has 1 aromatic carbocycles. The van der Waals surface area contributed by atoms with Gasteiger partial charge in [-0.1, -0.05) is 0 Å². The maximum Gasteiger partial charge on any atom is 0.117 e. The summed E-state index contributed by atoms with van der Waals surface area (Å²) in [4.78, 5) is 0. The minimum absolute atomic E-state index is 0.242. The van der Waals surface area contributed by atoms with E-state index in [4.69, 9.17) is 0 Å². The molecule has 0 aliphatic carbocycles. The highest BCUT2D eigenvalue weighted by Crippen LogP contribution is 2.28. The van der Waals surface area contributed by atoms with E-state index < -0.39 is 5.60 Å². The van der Waals surface area contributed by atoms with Crippen LogP contribution in [-0.2, 0) is 12.6 Å². The van der Waals surface area contributed by atoms with E-state index in [1.807, 2.05) is 23.7 Å². The molecule has 1 aromatic heterocycles. The summed E-state index contributed by atoms with van der Waals surface area (Å²) >= 11 is 0. The first kappa shape index (κ1) is 10.1. The van der Waals surface area contributed by atoms with Crippen molar-refractivity contribution in [1.82, 2.24) is 4.57 Å². The van der Waals surface area contributed by atoms with Crippen LogP contribution >= 0.6 is 0 Å². The highest BCUT2D eigenvalue weighted by atomic mass is 16.3.